The zero-order chi connectivity index (χ0) is 19.3. The van der Waals surface area contributed by atoms with E-state index in [-0.39, 0.29) is 22.9 Å². The molecular weight excluding hydrogens is 369 g/mol. The van der Waals surface area contributed by atoms with E-state index in [0.717, 1.165) is 18.8 Å². The van der Waals surface area contributed by atoms with Crippen LogP contribution >= 0.6 is 11.6 Å². The van der Waals surface area contributed by atoms with Gasteiger partial charge < -0.3 is 15.5 Å². The molecule has 0 radical (unpaired) electrons. The quantitative estimate of drug-likeness (QED) is 0.781. The van der Waals surface area contributed by atoms with Gasteiger partial charge in [0.05, 0.1) is 10.6 Å². The Morgan fingerprint density at radius 2 is 2.08 bits per heavy atom. The van der Waals surface area contributed by atoms with Crippen molar-refractivity contribution in [2.24, 2.45) is 5.92 Å². The summed E-state index contributed by atoms with van der Waals surface area (Å²) in [6.45, 7) is 6.48. The number of anilines is 1. The molecule has 0 aliphatic carbocycles. The summed E-state index contributed by atoms with van der Waals surface area (Å²) < 4.78 is 38.1. The number of carbonyl (C=O) groups excluding carboxylic acids is 1. The number of piperidine rings is 1. The Labute approximate surface area is 156 Å². The van der Waals surface area contributed by atoms with Crippen LogP contribution in [-0.2, 0) is 11.0 Å². The molecular formula is C17H24ClF3N4O. The van der Waals surface area contributed by atoms with Crippen LogP contribution < -0.4 is 15.5 Å². The Morgan fingerprint density at radius 3 is 2.62 bits per heavy atom. The number of nitrogens with one attached hydrogen (secondary N) is 2. The fourth-order valence-electron chi connectivity index (χ4n) is 2.99. The van der Waals surface area contributed by atoms with Gasteiger partial charge in [-0.3, -0.25) is 4.79 Å². The Hall–Kier alpha value is -1.54. The molecule has 26 heavy (non-hydrogen) atoms. The molecule has 1 atom stereocenters. The Balaban J connectivity index is 1.89. The highest BCUT2D eigenvalue weighted by Crippen LogP contribution is 2.34. The van der Waals surface area contributed by atoms with Gasteiger partial charge in [0, 0.05) is 37.8 Å². The van der Waals surface area contributed by atoms with Crippen LogP contribution in [0.1, 0.15) is 32.3 Å². The minimum Gasteiger partial charge on any atom is -0.355 e. The fourth-order valence-corrected chi connectivity index (χ4v) is 3.28. The van der Waals surface area contributed by atoms with Crippen LogP contribution in [0, 0.1) is 5.92 Å². The third-order valence-electron chi connectivity index (χ3n) is 4.45. The number of hydrogen-bond donors (Lipinski definition) is 2. The van der Waals surface area contributed by atoms with E-state index in [1.165, 1.54) is 0 Å². The first-order valence-corrected chi connectivity index (χ1v) is 9.09. The average molecular weight is 393 g/mol. The molecule has 1 saturated heterocycles. The first-order chi connectivity index (χ1) is 12.2. The van der Waals surface area contributed by atoms with Gasteiger partial charge in [0.1, 0.15) is 5.82 Å². The summed E-state index contributed by atoms with van der Waals surface area (Å²) in [4.78, 5) is 18.0. The molecule has 0 spiro atoms. The van der Waals surface area contributed by atoms with Gasteiger partial charge in [-0.1, -0.05) is 18.5 Å². The maximum atomic E-state index is 12.7. The summed E-state index contributed by atoms with van der Waals surface area (Å²) in [6.07, 6.45) is -2.45. The summed E-state index contributed by atoms with van der Waals surface area (Å²) in [5.74, 6) is 0.244. The maximum absolute atomic E-state index is 12.7. The highest BCUT2D eigenvalue weighted by atomic mass is 35.5. The van der Waals surface area contributed by atoms with E-state index in [9.17, 15) is 18.0 Å². The second-order valence-corrected chi connectivity index (χ2v) is 6.90. The van der Waals surface area contributed by atoms with Crippen molar-refractivity contribution in [3.8, 4) is 0 Å². The van der Waals surface area contributed by atoms with E-state index in [1.54, 1.807) is 0 Å². The molecule has 0 aromatic carbocycles. The predicted molar refractivity (Wildman–Crippen MR) is 95.3 cm³/mol. The van der Waals surface area contributed by atoms with Crippen LogP contribution in [0.2, 0.25) is 5.02 Å². The first-order valence-electron chi connectivity index (χ1n) is 8.71. The molecule has 1 aliphatic heterocycles. The lowest BCUT2D eigenvalue weighted by atomic mass is 9.96. The number of likely N-dealkylation sites (N-methyl/N-ethyl adjacent to an activating group) is 1. The van der Waals surface area contributed by atoms with Crippen molar-refractivity contribution < 1.29 is 18.0 Å². The van der Waals surface area contributed by atoms with E-state index >= 15 is 0 Å². The van der Waals surface area contributed by atoms with Crippen LogP contribution in [0.15, 0.2) is 12.3 Å². The molecule has 2 N–H and O–H groups in total. The number of hydrogen-bond acceptors (Lipinski definition) is 4. The molecule has 1 fully saturated rings. The molecule has 2 rings (SSSR count). The predicted octanol–water partition coefficient (Wildman–Crippen LogP) is 3.08. The van der Waals surface area contributed by atoms with Crippen LogP contribution in [0.4, 0.5) is 19.0 Å². The minimum atomic E-state index is -4.47. The molecule has 1 amide bonds. The molecule has 0 unspecified atom stereocenters. The number of rotatable bonds is 6. The van der Waals surface area contributed by atoms with Gasteiger partial charge in [-0.25, -0.2) is 4.98 Å². The van der Waals surface area contributed by atoms with Crippen molar-refractivity contribution in [2.75, 3.05) is 31.1 Å². The number of aromatic nitrogens is 1. The lowest BCUT2D eigenvalue weighted by molar-refractivity contribution is -0.137. The molecule has 146 valence electrons. The van der Waals surface area contributed by atoms with E-state index < -0.39 is 11.7 Å². The third kappa shape index (κ3) is 5.48. The normalized spacial score (nSPS) is 17.2. The number of halogens is 4. The summed E-state index contributed by atoms with van der Waals surface area (Å²) in [7, 11) is 0. The van der Waals surface area contributed by atoms with Crippen LogP contribution in [0.25, 0.3) is 0 Å². The Kier molecular flexibility index (Phi) is 7.11. The minimum absolute atomic E-state index is 0.0147. The average Bonchev–Trinajstić information content (AvgIpc) is 2.59. The largest absolute Gasteiger partial charge is 0.417 e. The summed E-state index contributed by atoms with van der Waals surface area (Å²) in [5.41, 5.74) is -0.865. The summed E-state index contributed by atoms with van der Waals surface area (Å²) >= 11 is 5.99. The topological polar surface area (TPSA) is 57.3 Å². The highest BCUT2D eigenvalue weighted by Gasteiger charge is 2.33. The van der Waals surface area contributed by atoms with Gasteiger partial charge in [-0.2, -0.15) is 13.2 Å². The van der Waals surface area contributed by atoms with Gasteiger partial charge in [-0.15, -0.1) is 0 Å². The van der Waals surface area contributed by atoms with Crippen LogP contribution in [0.5, 0.6) is 0 Å². The number of nitrogens with zero attached hydrogens (tertiary/aromatic N) is 2. The standard InChI is InChI=1S/C17H24ClF3N4O/c1-3-22-11(2)9-24-16(26)12-4-6-25(7-5-12)15-14(18)8-13(10-23-15)17(19,20)21/h8,10-12,22H,3-7,9H2,1-2H3,(H,24,26)/t11-/m1/s1. The van der Waals surface area contributed by atoms with Crippen molar-refractivity contribution in [3.05, 3.63) is 22.8 Å². The van der Waals surface area contributed by atoms with Gasteiger partial charge in [0.25, 0.3) is 0 Å². The third-order valence-corrected chi connectivity index (χ3v) is 4.73. The zero-order valence-corrected chi connectivity index (χ0v) is 15.6. The van der Waals surface area contributed by atoms with Crippen molar-refractivity contribution in [2.45, 2.75) is 38.9 Å². The molecule has 0 bridgehead atoms. The number of carbonyl (C=O) groups is 1. The van der Waals surface area contributed by atoms with Gasteiger partial charge >= 0.3 is 6.18 Å². The van der Waals surface area contributed by atoms with E-state index in [2.05, 4.69) is 15.6 Å². The maximum Gasteiger partial charge on any atom is 0.417 e. The first kappa shape index (κ1) is 20.8. The Morgan fingerprint density at radius 1 is 1.42 bits per heavy atom. The molecule has 1 aromatic rings. The van der Waals surface area contributed by atoms with Crippen molar-refractivity contribution in [1.29, 1.82) is 0 Å². The summed E-state index contributed by atoms with van der Waals surface area (Å²) in [6, 6.07) is 1.10. The highest BCUT2D eigenvalue weighted by molar-refractivity contribution is 6.33. The van der Waals surface area contributed by atoms with Crippen molar-refractivity contribution >= 4 is 23.3 Å². The fraction of sp³-hybridized carbons (Fsp3) is 0.647. The Bertz CT molecular complexity index is 619. The van der Waals surface area contributed by atoms with Crippen LogP contribution in [-0.4, -0.2) is 43.1 Å². The molecule has 2 heterocycles. The summed E-state index contributed by atoms with van der Waals surface area (Å²) in [5, 5.41) is 6.14. The van der Waals surface area contributed by atoms with Crippen molar-refractivity contribution in [1.82, 2.24) is 15.6 Å². The molecule has 5 nitrogen and oxygen atoms in total. The SMILES string of the molecule is CCN[C@H](C)CNC(=O)C1CCN(c2ncc(C(F)(F)F)cc2Cl)CC1. The van der Waals surface area contributed by atoms with E-state index in [4.69, 9.17) is 11.6 Å². The second-order valence-electron chi connectivity index (χ2n) is 6.49. The number of pyridine rings is 1. The van der Waals surface area contributed by atoms with E-state index in [0.29, 0.717) is 38.3 Å². The molecule has 9 heteroatoms. The lowest BCUT2D eigenvalue weighted by Crippen LogP contribution is -2.44. The number of alkyl halides is 3. The second kappa shape index (κ2) is 8.90. The lowest BCUT2D eigenvalue weighted by Gasteiger charge is -2.33. The zero-order valence-electron chi connectivity index (χ0n) is 14.9. The van der Waals surface area contributed by atoms with Crippen LogP contribution in [0.3, 0.4) is 0 Å². The van der Waals surface area contributed by atoms with Gasteiger partial charge in [0.15, 0.2) is 0 Å². The van der Waals surface area contributed by atoms with Gasteiger partial charge in [0.2, 0.25) is 5.91 Å². The van der Waals surface area contributed by atoms with Crippen molar-refractivity contribution in [3.63, 3.8) is 0 Å². The number of amides is 1. The van der Waals surface area contributed by atoms with Gasteiger partial charge in [-0.05, 0) is 32.4 Å². The molecule has 1 aliphatic rings. The van der Waals surface area contributed by atoms with E-state index in [1.807, 2.05) is 18.7 Å². The molecule has 1 aromatic heterocycles. The smallest absolute Gasteiger partial charge is 0.355 e. The molecule has 0 saturated carbocycles. The monoisotopic (exact) mass is 392 g/mol.